The van der Waals surface area contributed by atoms with Crippen LogP contribution in [0.5, 0.6) is 5.75 Å². The van der Waals surface area contributed by atoms with Crippen LogP contribution in [0.25, 0.3) is 11.1 Å². The molecule has 1 aliphatic rings. The molecule has 0 radical (unpaired) electrons. The van der Waals surface area contributed by atoms with Crippen molar-refractivity contribution in [3.8, 4) is 28.7 Å². The minimum atomic E-state index is -2.73. The summed E-state index contributed by atoms with van der Waals surface area (Å²) >= 11 is 0. The highest BCUT2D eigenvalue weighted by atomic mass is 16.8. The van der Waals surface area contributed by atoms with Gasteiger partial charge in [-0.2, -0.15) is 5.10 Å². The van der Waals surface area contributed by atoms with E-state index in [2.05, 4.69) is 33.9 Å². The van der Waals surface area contributed by atoms with Gasteiger partial charge in [0.05, 0.1) is 17.8 Å². The van der Waals surface area contributed by atoms with Crippen molar-refractivity contribution >= 4 is 5.82 Å². The Hall–Kier alpha value is -3.46. The van der Waals surface area contributed by atoms with Crippen molar-refractivity contribution in [1.82, 2.24) is 24.6 Å². The van der Waals surface area contributed by atoms with Crippen molar-refractivity contribution in [3.05, 3.63) is 59.5 Å². The third-order valence-electron chi connectivity index (χ3n) is 6.59. The van der Waals surface area contributed by atoms with E-state index in [-0.39, 0.29) is 17.1 Å². The zero-order valence-electron chi connectivity index (χ0n) is 23.2. The first kappa shape index (κ1) is 28.5. The van der Waals surface area contributed by atoms with Gasteiger partial charge in [-0.05, 0) is 84.7 Å². The molecular weight excluding hydrogens is 496 g/mol. The van der Waals surface area contributed by atoms with Crippen molar-refractivity contribution in [1.29, 1.82) is 0 Å². The van der Waals surface area contributed by atoms with Crippen LogP contribution in [0.2, 0.25) is 0 Å². The molecule has 1 aliphatic heterocycles. The molecule has 1 saturated heterocycles. The quantitative estimate of drug-likeness (QED) is 0.266. The lowest BCUT2D eigenvalue weighted by Gasteiger charge is -2.29. The number of rotatable bonds is 7. The molecule has 4 rings (SSSR count). The Kier molecular flexibility index (Phi) is 8.30. The van der Waals surface area contributed by atoms with Crippen molar-refractivity contribution in [2.75, 3.05) is 40.0 Å². The van der Waals surface area contributed by atoms with Crippen LogP contribution < -0.4 is 10.5 Å². The van der Waals surface area contributed by atoms with E-state index < -0.39 is 11.6 Å². The Labute approximate surface area is 229 Å². The predicted octanol–water partition coefficient (Wildman–Crippen LogP) is 2.15. The normalized spacial score (nSPS) is 15.3. The van der Waals surface area contributed by atoms with E-state index in [9.17, 15) is 15.3 Å². The largest absolute Gasteiger partial charge is 0.432 e. The Morgan fingerprint density at radius 2 is 1.82 bits per heavy atom. The number of ether oxygens (including phenoxy) is 1. The first-order chi connectivity index (χ1) is 18.3. The predicted molar refractivity (Wildman–Crippen MR) is 149 cm³/mol. The first-order valence-corrected chi connectivity index (χ1v) is 13.0. The van der Waals surface area contributed by atoms with Crippen LogP contribution in [0.1, 0.15) is 49.4 Å². The number of nitrogens with two attached hydrogens (primary N) is 1. The molecule has 0 amide bonds. The molecule has 0 aliphatic carbocycles. The van der Waals surface area contributed by atoms with Crippen LogP contribution in [-0.2, 0) is 12.5 Å². The summed E-state index contributed by atoms with van der Waals surface area (Å²) in [6.07, 6.45) is 7.40. The molecule has 3 heterocycles. The van der Waals surface area contributed by atoms with Gasteiger partial charge < -0.3 is 35.6 Å². The summed E-state index contributed by atoms with van der Waals surface area (Å²) in [6.45, 7) is 5.62. The first-order valence-electron chi connectivity index (χ1n) is 13.0. The number of aromatic nitrogens is 3. The molecule has 0 bridgehead atoms. The van der Waals surface area contributed by atoms with Gasteiger partial charge in [-0.25, -0.2) is 4.98 Å². The molecule has 2 aromatic heterocycles. The number of piperidine rings is 1. The minimum absolute atomic E-state index is 0.0149. The SMILES string of the molecule is CN(C)Cc1ccc(C#CC(C)(C)O)cc1C(O)(O)Oc1cc(-c2cnn(C3CCN(C)CC3)c2)cnc1N. The molecule has 10 nitrogen and oxygen atoms in total. The van der Waals surface area contributed by atoms with Gasteiger partial charge in [-0.1, -0.05) is 17.9 Å². The van der Waals surface area contributed by atoms with Gasteiger partial charge >= 0.3 is 5.97 Å². The lowest BCUT2D eigenvalue weighted by molar-refractivity contribution is -0.304. The van der Waals surface area contributed by atoms with E-state index in [1.807, 2.05) is 29.9 Å². The number of hydrogen-bond donors (Lipinski definition) is 4. The second-order valence-electron chi connectivity index (χ2n) is 11.0. The number of nitrogens with zero attached hydrogens (tertiary/aromatic N) is 5. The lowest BCUT2D eigenvalue weighted by atomic mass is 10.0. The fourth-order valence-electron chi connectivity index (χ4n) is 4.51. The topological polar surface area (TPSA) is 133 Å². The number of pyridine rings is 1. The summed E-state index contributed by atoms with van der Waals surface area (Å²) in [6, 6.07) is 7.01. The number of hydrogen-bond acceptors (Lipinski definition) is 9. The molecule has 10 heteroatoms. The van der Waals surface area contributed by atoms with Crippen LogP contribution in [0.3, 0.4) is 0 Å². The van der Waals surface area contributed by atoms with Gasteiger partial charge in [-0.3, -0.25) is 4.68 Å². The average Bonchev–Trinajstić information content (AvgIpc) is 3.34. The van der Waals surface area contributed by atoms with Crippen molar-refractivity contribution in [2.45, 2.75) is 50.8 Å². The van der Waals surface area contributed by atoms with E-state index in [1.54, 1.807) is 44.4 Å². The fourth-order valence-corrected chi connectivity index (χ4v) is 4.51. The smallest absolute Gasteiger partial charge is 0.351 e. The molecule has 0 unspecified atom stereocenters. The monoisotopic (exact) mass is 534 g/mol. The molecule has 0 atom stereocenters. The Morgan fingerprint density at radius 1 is 1.10 bits per heavy atom. The van der Waals surface area contributed by atoms with Gasteiger partial charge in [0, 0.05) is 35.6 Å². The van der Waals surface area contributed by atoms with Crippen LogP contribution >= 0.6 is 0 Å². The number of anilines is 1. The second kappa shape index (κ2) is 11.3. The highest BCUT2D eigenvalue weighted by molar-refractivity contribution is 5.66. The minimum Gasteiger partial charge on any atom is -0.432 e. The molecule has 1 fully saturated rings. The molecule has 0 saturated carbocycles. The Balaban J connectivity index is 1.63. The van der Waals surface area contributed by atoms with Crippen LogP contribution in [0.15, 0.2) is 42.9 Å². The maximum absolute atomic E-state index is 11.2. The van der Waals surface area contributed by atoms with Gasteiger partial charge in [0.15, 0.2) is 11.6 Å². The summed E-state index contributed by atoms with van der Waals surface area (Å²) in [5, 5.41) is 36.9. The Morgan fingerprint density at radius 3 is 2.49 bits per heavy atom. The third-order valence-corrected chi connectivity index (χ3v) is 6.59. The number of aliphatic hydroxyl groups is 3. The molecule has 3 aromatic rings. The summed E-state index contributed by atoms with van der Waals surface area (Å²) in [4.78, 5) is 8.45. The average molecular weight is 535 g/mol. The van der Waals surface area contributed by atoms with Gasteiger partial charge in [0.1, 0.15) is 5.60 Å². The third kappa shape index (κ3) is 7.35. The maximum Gasteiger partial charge on any atom is 0.351 e. The highest BCUT2D eigenvalue weighted by Gasteiger charge is 2.33. The highest BCUT2D eigenvalue weighted by Crippen LogP contribution is 2.34. The lowest BCUT2D eigenvalue weighted by Crippen LogP contribution is -2.34. The standard InChI is InChI=1S/C29H38N6O4/c1-28(2,36)11-8-20-6-7-21(18-33(3)4)25(14-20)29(37,38)39-26-15-22(16-31-27(26)30)23-17-32-35(19-23)24-9-12-34(5)13-10-24/h6-7,14-17,19,24,36-38H,9-10,12-13,18H2,1-5H3,(H2,30,31). The van der Waals surface area contributed by atoms with E-state index >= 15 is 0 Å². The van der Waals surface area contributed by atoms with Crippen LogP contribution in [-0.4, -0.2) is 79.7 Å². The fraction of sp³-hybridized carbons (Fsp3) is 0.448. The number of benzene rings is 1. The maximum atomic E-state index is 11.2. The molecular formula is C29H38N6O4. The number of nitrogen functional groups attached to an aromatic ring is 1. The zero-order valence-corrected chi connectivity index (χ0v) is 23.2. The molecule has 5 N–H and O–H groups in total. The van der Waals surface area contributed by atoms with Crippen LogP contribution in [0.4, 0.5) is 5.82 Å². The molecule has 0 spiro atoms. The Bertz CT molecular complexity index is 1360. The van der Waals surface area contributed by atoms with Gasteiger partial charge in [0.25, 0.3) is 0 Å². The summed E-state index contributed by atoms with van der Waals surface area (Å²) in [5.41, 5.74) is 7.63. The second-order valence-corrected chi connectivity index (χ2v) is 11.0. The van der Waals surface area contributed by atoms with E-state index in [1.165, 1.54) is 6.07 Å². The van der Waals surface area contributed by atoms with Gasteiger partial charge in [-0.15, -0.1) is 0 Å². The zero-order chi connectivity index (χ0) is 28.4. The van der Waals surface area contributed by atoms with Gasteiger partial charge in [0.2, 0.25) is 0 Å². The van der Waals surface area contributed by atoms with Crippen LogP contribution in [0, 0.1) is 11.8 Å². The summed E-state index contributed by atoms with van der Waals surface area (Å²) in [5.74, 6) is 2.92. The molecule has 1 aromatic carbocycles. The van der Waals surface area contributed by atoms with Crippen molar-refractivity contribution in [3.63, 3.8) is 0 Å². The summed E-state index contributed by atoms with van der Waals surface area (Å²) < 4.78 is 7.69. The molecule has 39 heavy (non-hydrogen) atoms. The summed E-state index contributed by atoms with van der Waals surface area (Å²) in [7, 11) is 5.87. The number of likely N-dealkylation sites (tertiary alicyclic amines) is 1. The van der Waals surface area contributed by atoms with Crippen molar-refractivity contribution in [2.24, 2.45) is 0 Å². The van der Waals surface area contributed by atoms with E-state index in [0.29, 0.717) is 29.3 Å². The molecule has 208 valence electrons. The van der Waals surface area contributed by atoms with Crippen molar-refractivity contribution < 1.29 is 20.1 Å². The van der Waals surface area contributed by atoms with E-state index in [0.717, 1.165) is 31.5 Å². The van der Waals surface area contributed by atoms with E-state index in [4.69, 9.17) is 10.5 Å².